The lowest BCUT2D eigenvalue weighted by atomic mass is 10.2. The van der Waals surface area contributed by atoms with Gasteiger partial charge < -0.3 is 20.5 Å². The van der Waals surface area contributed by atoms with Crippen molar-refractivity contribution in [2.45, 2.75) is 13.1 Å². The number of ether oxygens (including phenoxy) is 1. The molecule has 0 aromatic heterocycles. The fraction of sp³-hybridized carbons (Fsp3) is 0.235. The van der Waals surface area contributed by atoms with Gasteiger partial charge in [0.25, 0.3) is 0 Å². The monoisotopic (exact) mass is 334 g/mol. The van der Waals surface area contributed by atoms with Gasteiger partial charge in [0.1, 0.15) is 12.4 Å². The van der Waals surface area contributed by atoms with Crippen LogP contribution in [-0.2, 0) is 13.1 Å². The molecular weight excluding hydrogens is 316 g/mol. The molecule has 2 amide bonds. The molecule has 0 aliphatic heterocycles. The number of aliphatic hydroxyl groups is 1. The van der Waals surface area contributed by atoms with Gasteiger partial charge in [0.05, 0.1) is 6.61 Å². The minimum absolute atomic E-state index is 0.0555. The molecule has 0 aliphatic rings. The molecule has 5 nitrogen and oxygen atoms in total. The fourth-order valence-electron chi connectivity index (χ4n) is 2.00. The summed E-state index contributed by atoms with van der Waals surface area (Å²) in [6.45, 7) is 0.847. The highest BCUT2D eigenvalue weighted by Crippen LogP contribution is 2.17. The van der Waals surface area contributed by atoms with E-state index < -0.39 is 0 Å². The predicted molar refractivity (Wildman–Crippen MR) is 89.6 cm³/mol. The first kappa shape index (κ1) is 17.1. The normalized spacial score (nSPS) is 10.2. The van der Waals surface area contributed by atoms with Crippen molar-refractivity contribution in [3.8, 4) is 5.75 Å². The Hall–Kier alpha value is -2.24. The molecule has 0 aliphatic carbocycles. The number of halogens is 1. The van der Waals surface area contributed by atoms with Crippen LogP contribution in [-0.4, -0.2) is 24.4 Å². The van der Waals surface area contributed by atoms with Gasteiger partial charge in [0, 0.05) is 23.7 Å². The number of hydrogen-bond donors (Lipinski definition) is 3. The molecule has 0 bridgehead atoms. The van der Waals surface area contributed by atoms with Gasteiger partial charge in [-0.25, -0.2) is 4.79 Å². The molecule has 0 saturated heterocycles. The summed E-state index contributed by atoms with van der Waals surface area (Å²) in [5, 5.41) is 15.0. The van der Waals surface area contributed by atoms with E-state index in [1.165, 1.54) is 0 Å². The van der Waals surface area contributed by atoms with Crippen molar-refractivity contribution in [3.05, 3.63) is 64.7 Å². The van der Waals surface area contributed by atoms with E-state index in [1.54, 1.807) is 12.1 Å². The number of aliphatic hydroxyl groups excluding tert-OH is 1. The number of rotatable bonds is 7. The van der Waals surface area contributed by atoms with E-state index in [2.05, 4.69) is 10.6 Å². The molecule has 0 spiro atoms. The SMILES string of the molecule is O=C(NCc1ccccc1Cl)NCc1ccccc1OCCO. The summed E-state index contributed by atoms with van der Waals surface area (Å²) in [5.74, 6) is 0.646. The predicted octanol–water partition coefficient (Wildman–Crippen LogP) is 2.71. The maximum absolute atomic E-state index is 11.9. The third-order valence-corrected chi connectivity index (χ3v) is 3.53. The Morgan fingerprint density at radius 1 is 1.00 bits per heavy atom. The summed E-state index contributed by atoms with van der Waals surface area (Å²) in [7, 11) is 0. The number of urea groups is 1. The number of amides is 2. The topological polar surface area (TPSA) is 70.6 Å². The van der Waals surface area contributed by atoms with E-state index in [4.69, 9.17) is 21.4 Å². The summed E-state index contributed by atoms with van der Waals surface area (Å²) < 4.78 is 5.42. The summed E-state index contributed by atoms with van der Waals surface area (Å²) in [5.41, 5.74) is 1.70. The number of benzene rings is 2. The minimum atomic E-state index is -0.290. The van der Waals surface area contributed by atoms with Gasteiger partial charge >= 0.3 is 6.03 Å². The minimum Gasteiger partial charge on any atom is -0.491 e. The van der Waals surface area contributed by atoms with E-state index in [9.17, 15) is 4.79 Å². The van der Waals surface area contributed by atoms with Crippen molar-refractivity contribution >= 4 is 17.6 Å². The van der Waals surface area contributed by atoms with E-state index in [-0.39, 0.29) is 19.2 Å². The standard InChI is InChI=1S/C17H19ClN2O3/c18-15-7-3-1-5-13(15)11-19-17(22)20-12-14-6-2-4-8-16(14)23-10-9-21/h1-8,21H,9-12H2,(H2,19,20,22). The lowest BCUT2D eigenvalue weighted by Gasteiger charge is -2.12. The zero-order valence-corrected chi connectivity index (χ0v) is 13.3. The summed E-state index contributed by atoms with van der Waals surface area (Å²) in [4.78, 5) is 11.9. The highest BCUT2D eigenvalue weighted by atomic mass is 35.5. The lowest BCUT2D eigenvalue weighted by Crippen LogP contribution is -2.34. The summed E-state index contributed by atoms with van der Waals surface area (Å²) in [6, 6.07) is 14.4. The van der Waals surface area contributed by atoms with E-state index >= 15 is 0 Å². The van der Waals surface area contributed by atoms with Gasteiger partial charge in [-0.1, -0.05) is 48.0 Å². The van der Waals surface area contributed by atoms with Gasteiger partial charge in [0.2, 0.25) is 0 Å². The Bertz CT molecular complexity index is 649. The van der Waals surface area contributed by atoms with Gasteiger partial charge in [-0.05, 0) is 17.7 Å². The number of hydrogen-bond acceptors (Lipinski definition) is 3. The first-order valence-electron chi connectivity index (χ1n) is 7.27. The quantitative estimate of drug-likeness (QED) is 0.729. The van der Waals surface area contributed by atoms with Crippen LogP contribution in [0.2, 0.25) is 5.02 Å². The van der Waals surface area contributed by atoms with Crippen LogP contribution in [0.3, 0.4) is 0 Å². The number of nitrogens with one attached hydrogen (secondary N) is 2. The zero-order chi connectivity index (χ0) is 16.5. The second-order valence-corrected chi connectivity index (χ2v) is 5.21. The van der Waals surface area contributed by atoms with E-state index in [1.807, 2.05) is 36.4 Å². The van der Waals surface area contributed by atoms with Crippen LogP contribution >= 0.6 is 11.6 Å². The summed E-state index contributed by atoms with van der Waals surface area (Å²) in [6.07, 6.45) is 0. The molecule has 0 unspecified atom stereocenters. The van der Waals surface area contributed by atoms with Gasteiger partial charge in [-0.2, -0.15) is 0 Å². The first-order chi connectivity index (χ1) is 11.2. The summed E-state index contributed by atoms with van der Waals surface area (Å²) >= 11 is 6.04. The Kier molecular flexibility index (Phi) is 6.72. The highest BCUT2D eigenvalue weighted by Gasteiger charge is 2.06. The Balaban J connectivity index is 1.84. The Morgan fingerprint density at radius 3 is 2.30 bits per heavy atom. The number of para-hydroxylation sites is 1. The second kappa shape index (κ2) is 9.02. The molecular formula is C17H19ClN2O3. The molecule has 6 heteroatoms. The van der Waals surface area contributed by atoms with Crippen molar-refractivity contribution in [3.63, 3.8) is 0 Å². The Labute approximate surface area is 140 Å². The molecule has 2 rings (SSSR count). The van der Waals surface area contributed by atoms with E-state index in [0.717, 1.165) is 11.1 Å². The largest absolute Gasteiger partial charge is 0.491 e. The van der Waals surface area contributed by atoms with Gasteiger partial charge in [-0.15, -0.1) is 0 Å². The van der Waals surface area contributed by atoms with Crippen LogP contribution in [0.4, 0.5) is 4.79 Å². The molecule has 2 aromatic carbocycles. The smallest absolute Gasteiger partial charge is 0.315 e. The Morgan fingerprint density at radius 2 is 1.61 bits per heavy atom. The number of carbonyl (C=O) groups is 1. The van der Waals surface area contributed by atoms with Crippen molar-refractivity contribution in [2.24, 2.45) is 0 Å². The molecule has 0 heterocycles. The van der Waals surface area contributed by atoms with Crippen LogP contribution in [0, 0.1) is 0 Å². The maximum Gasteiger partial charge on any atom is 0.315 e. The zero-order valence-electron chi connectivity index (χ0n) is 12.6. The van der Waals surface area contributed by atoms with Crippen molar-refractivity contribution in [1.29, 1.82) is 0 Å². The molecule has 0 saturated carbocycles. The van der Waals surface area contributed by atoms with E-state index in [0.29, 0.717) is 23.9 Å². The highest BCUT2D eigenvalue weighted by molar-refractivity contribution is 6.31. The third kappa shape index (κ3) is 5.47. The van der Waals surface area contributed by atoms with Crippen LogP contribution in [0.15, 0.2) is 48.5 Å². The van der Waals surface area contributed by atoms with Crippen molar-refractivity contribution < 1.29 is 14.6 Å². The number of carbonyl (C=O) groups excluding carboxylic acids is 1. The average Bonchev–Trinajstić information content (AvgIpc) is 2.58. The van der Waals surface area contributed by atoms with Crippen LogP contribution in [0.5, 0.6) is 5.75 Å². The van der Waals surface area contributed by atoms with Crippen molar-refractivity contribution in [1.82, 2.24) is 10.6 Å². The molecule has 0 fully saturated rings. The van der Waals surface area contributed by atoms with Gasteiger partial charge in [-0.3, -0.25) is 0 Å². The first-order valence-corrected chi connectivity index (χ1v) is 7.65. The second-order valence-electron chi connectivity index (χ2n) is 4.81. The van der Waals surface area contributed by atoms with Crippen LogP contribution in [0.1, 0.15) is 11.1 Å². The van der Waals surface area contributed by atoms with Gasteiger partial charge in [0.15, 0.2) is 0 Å². The fourth-order valence-corrected chi connectivity index (χ4v) is 2.20. The van der Waals surface area contributed by atoms with Crippen molar-refractivity contribution in [2.75, 3.05) is 13.2 Å². The van der Waals surface area contributed by atoms with Crippen LogP contribution < -0.4 is 15.4 Å². The lowest BCUT2D eigenvalue weighted by molar-refractivity contribution is 0.200. The maximum atomic E-state index is 11.9. The molecule has 0 atom stereocenters. The average molecular weight is 335 g/mol. The van der Waals surface area contributed by atoms with Crippen LogP contribution in [0.25, 0.3) is 0 Å². The molecule has 2 aromatic rings. The third-order valence-electron chi connectivity index (χ3n) is 3.16. The molecule has 23 heavy (non-hydrogen) atoms. The molecule has 0 radical (unpaired) electrons. The molecule has 3 N–H and O–H groups in total. The molecule has 122 valence electrons.